The Balaban J connectivity index is 2.02. The van der Waals surface area contributed by atoms with Crippen LogP contribution in [-0.2, 0) is 14.4 Å². The lowest BCUT2D eigenvalue weighted by Gasteiger charge is -2.11. The Kier molecular flexibility index (Phi) is 6.51. The third-order valence-electron chi connectivity index (χ3n) is 3.34. The van der Waals surface area contributed by atoms with Crippen LogP contribution in [0.1, 0.15) is 11.1 Å². The molecule has 0 saturated heterocycles. The highest BCUT2D eigenvalue weighted by Gasteiger charge is 2.16. The first-order chi connectivity index (χ1) is 12.4. The van der Waals surface area contributed by atoms with Gasteiger partial charge >= 0.3 is 5.97 Å². The fourth-order valence-corrected chi connectivity index (χ4v) is 2.84. The summed E-state index contributed by atoms with van der Waals surface area (Å²) in [5.41, 5.74) is 2.12. The molecular formula is C18H19N3O4S. The van der Waals surface area contributed by atoms with Gasteiger partial charge < -0.3 is 20.2 Å². The summed E-state index contributed by atoms with van der Waals surface area (Å²) in [6, 6.07) is 9.30. The van der Waals surface area contributed by atoms with Gasteiger partial charge in [0, 0.05) is 36.8 Å². The van der Waals surface area contributed by atoms with Gasteiger partial charge in [-0.1, -0.05) is 17.3 Å². The summed E-state index contributed by atoms with van der Waals surface area (Å²) in [4.78, 5) is 29.7. The van der Waals surface area contributed by atoms with Crippen molar-refractivity contribution in [3.8, 4) is 0 Å². The van der Waals surface area contributed by atoms with Crippen LogP contribution in [0, 0.1) is 0 Å². The first kappa shape index (κ1) is 19.2. The van der Waals surface area contributed by atoms with Crippen LogP contribution in [0.25, 0.3) is 6.08 Å². The molecule has 0 bridgehead atoms. The molecule has 0 aliphatic rings. The highest BCUT2D eigenvalue weighted by atomic mass is 32.1. The number of amides is 1. The fraction of sp³-hybridized carbons (Fsp3) is 0.167. The molecule has 136 valence electrons. The fourth-order valence-electron chi connectivity index (χ4n) is 2.05. The van der Waals surface area contributed by atoms with Gasteiger partial charge in [-0.25, -0.2) is 4.79 Å². The highest BCUT2D eigenvalue weighted by Crippen LogP contribution is 2.21. The number of hydrogen-bond donors (Lipinski definition) is 2. The van der Waals surface area contributed by atoms with E-state index in [-0.39, 0.29) is 11.6 Å². The predicted molar refractivity (Wildman–Crippen MR) is 104 cm³/mol. The van der Waals surface area contributed by atoms with E-state index >= 15 is 0 Å². The highest BCUT2D eigenvalue weighted by molar-refractivity contribution is 7.14. The normalized spacial score (nSPS) is 11.4. The van der Waals surface area contributed by atoms with Gasteiger partial charge in [-0.2, -0.15) is 0 Å². The minimum atomic E-state index is -1.21. The van der Waals surface area contributed by atoms with E-state index in [0.29, 0.717) is 10.6 Å². The van der Waals surface area contributed by atoms with Crippen LogP contribution in [0.2, 0.25) is 0 Å². The number of hydrogen-bond acceptors (Lipinski definition) is 6. The number of aliphatic carboxylic acids is 1. The van der Waals surface area contributed by atoms with E-state index in [4.69, 9.17) is 5.11 Å². The van der Waals surface area contributed by atoms with E-state index in [0.717, 1.165) is 11.3 Å². The van der Waals surface area contributed by atoms with Crippen molar-refractivity contribution in [2.24, 2.45) is 5.16 Å². The number of carbonyl (C=O) groups excluding carboxylic acids is 1. The molecule has 26 heavy (non-hydrogen) atoms. The molecule has 0 aliphatic carbocycles. The van der Waals surface area contributed by atoms with E-state index in [1.807, 2.05) is 43.3 Å². The number of benzene rings is 1. The monoisotopic (exact) mass is 373 g/mol. The summed E-state index contributed by atoms with van der Waals surface area (Å²) in [5, 5.41) is 17.4. The molecule has 2 aromatic rings. The Bertz CT molecular complexity index is 838. The Morgan fingerprint density at radius 3 is 2.54 bits per heavy atom. The molecule has 1 aromatic carbocycles. The molecule has 0 fully saturated rings. The molecule has 2 N–H and O–H groups in total. The molecule has 2 rings (SSSR count). The smallest absolute Gasteiger partial charge is 0.358 e. The SMILES string of the molecule is CON=C(C(=O)O)c1csc(NC(=O)C=Cc2ccc(N(C)C)cc2)c1. The second-order valence-corrected chi connectivity index (χ2v) is 6.35. The second-order valence-electron chi connectivity index (χ2n) is 5.44. The summed E-state index contributed by atoms with van der Waals surface area (Å²) in [6.45, 7) is 0. The standard InChI is InChI=1S/C18H19N3O4S/c1-21(2)14-7-4-12(5-8-14)6-9-15(22)19-16-10-13(11-26-16)17(18(23)24)20-25-3/h4-11H,1-3H3,(H,19,22)(H,23,24). The lowest BCUT2D eigenvalue weighted by Crippen LogP contribution is -2.14. The number of carbonyl (C=O) groups is 2. The third-order valence-corrected chi connectivity index (χ3v) is 4.19. The molecule has 0 atom stereocenters. The molecule has 0 spiro atoms. The van der Waals surface area contributed by atoms with Crippen LogP contribution < -0.4 is 10.2 Å². The van der Waals surface area contributed by atoms with Gasteiger partial charge in [0.15, 0.2) is 5.71 Å². The first-order valence-corrected chi connectivity index (χ1v) is 8.48. The van der Waals surface area contributed by atoms with Crippen molar-refractivity contribution in [3.05, 3.63) is 52.9 Å². The van der Waals surface area contributed by atoms with E-state index in [2.05, 4.69) is 15.3 Å². The molecule has 0 radical (unpaired) electrons. The van der Waals surface area contributed by atoms with Gasteiger partial charge in [0.25, 0.3) is 0 Å². The summed E-state index contributed by atoms with van der Waals surface area (Å²) in [6.07, 6.45) is 3.13. The number of nitrogens with one attached hydrogen (secondary N) is 1. The van der Waals surface area contributed by atoms with Gasteiger partial charge in [0.2, 0.25) is 5.91 Å². The molecule has 1 aromatic heterocycles. The quantitative estimate of drug-likeness (QED) is 0.442. The molecule has 8 heteroatoms. The van der Waals surface area contributed by atoms with Crippen molar-refractivity contribution < 1.29 is 19.5 Å². The van der Waals surface area contributed by atoms with Crippen LogP contribution in [0.5, 0.6) is 0 Å². The molecule has 0 aliphatic heterocycles. The topological polar surface area (TPSA) is 91.2 Å². The molecular weight excluding hydrogens is 354 g/mol. The largest absolute Gasteiger partial charge is 0.476 e. The van der Waals surface area contributed by atoms with Gasteiger partial charge in [-0.15, -0.1) is 11.3 Å². The van der Waals surface area contributed by atoms with Crippen LogP contribution >= 0.6 is 11.3 Å². The van der Waals surface area contributed by atoms with Crippen LogP contribution in [0.4, 0.5) is 10.7 Å². The number of carboxylic acid groups (broad SMARTS) is 1. The van der Waals surface area contributed by atoms with Crippen molar-refractivity contribution in [3.63, 3.8) is 0 Å². The van der Waals surface area contributed by atoms with E-state index in [1.54, 1.807) is 11.5 Å². The van der Waals surface area contributed by atoms with Crippen molar-refractivity contribution >= 4 is 45.7 Å². The Morgan fingerprint density at radius 1 is 1.27 bits per heavy atom. The predicted octanol–water partition coefficient (Wildman–Crippen LogP) is 2.90. The van der Waals surface area contributed by atoms with Gasteiger partial charge in [-0.05, 0) is 29.8 Å². The summed E-state index contributed by atoms with van der Waals surface area (Å²) in [5.74, 6) is -1.51. The van der Waals surface area contributed by atoms with Crippen LogP contribution in [-0.4, -0.2) is 43.9 Å². The van der Waals surface area contributed by atoms with Gasteiger partial charge in [0.1, 0.15) is 7.11 Å². The second kappa shape index (κ2) is 8.82. The van der Waals surface area contributed by atoms with Crippen LogP contribution in [0.3, 0.4) is 0 Å². The molecule has 7 nitrogen and oxygen atoms in total. The van der Waals surface area contributed by atoms with Gasteiger partial charge in [0.05, 0.1) is 5.00 Å². The zero-order chi connectivity index (χ0) is 19.1. The first-order valence-electron chi connectivity index (χ1n) is 7.60. The molecule has 1 amide bonds. The number of anilines is 2. The number of thiophene rings is 1. The van der Waals surface area contributed by atoms with E-state index < -0.39 is 5.97 Å². The molecule has 0 unspecified atom stereocenters. The lowest BCUT2D eigenvalue weighted by atomic mass is 10.2. The maximum absolute atomic E-state index is 12.0. The van der Waals surface area contributed by atoms with Crippen molar-refractivity contribution in [2.45, 2.75) is 0 Å². The molecule has 0 saturated carbocycles. The maximum Gasteiger partial charge on any atom is 0.358 e. The minimum Gasteiger partial charge on any atom is -0.476 e. The Morgan fingerprint density at radius 2 is 1.96 bits per heavy atom. The summed E-state index contributed by atoms with van der Waals surface area (Å²) < 4.78 is 0. The lowest BCUT2D eigenvalue weighted by molar-refractivity contribution is -0.129. The Hall–Kier alpha value is -3.13. The van der Waals surface area contributed by atoms with E-state index in [9.17, 15) is 9.59 Å². The number of nitrogens with zero attached hydrogens (tertiary/aromatic N) is 2. The van der Waals surface area contributed by atoms with E-state index in [1.165, 1.54) is 30.6 Å². The van der Waals surface area contributed by atoms with Crippen LogP contribution in [0.15, 0.2) is 46.9 Å². The van der Waals surface area contributed by atoms with Gasteiger partial charge in [-0.3, -0.25) is 4.79 Å². The zero-order valence-electron chi connectivity index (χ0n) is 14.6. The Labute approximate surface area is 155 Å². The summed E-state index contributed by atoms with van der Waals surface area (Å²) in [7, 11) is 5.19. The maximum atomic E-state index is 12.0. The average Bonchev–Trinajstić information content (AvgIpc) is 3.05. The summed E-state index contributed by atoms with van der Waals surface area (Å²) >= 11 is 1.21. The average molecular weight is 373 g/mol. The minimum absolute atomic E-state index is 0.222. The molecule has 1 heterocycles. The van der Waals surface area contributed by atoms with Crippen molar-refractivity contribution in [1.82, 2.24) is 0 Å². The van der Waals surface area contributed by atoms with Crippen molar-refractivity contribution in [2.75, 3.05) is 31.4 Å². The number of rotatable bonds is 7. The number of carboxylic acids is 1. The van der Waals surface area contributed by atoms with Crippen molar-refractivity contribution in [1.29, 1.82) is 0 Å². The third kappa shape index (κ3) is 5.18. The number of oxime groups is 1. The zero-order valence-corrected chi connectivity index (χ0v) is 15.4.